The highest BCUT2D eigenvalue weighted by molar-refractivity contribution is 6.37. The number of hydrogen-bond acceptors (Lipinski definition) is 8. The predicted molar refractivity (Wildman–Crippen MR) is 107 cm³/mol. The Bertz CT molecular complexity index is 891. The normalized spacial score (nSPS) is 21.1. The van der Waals surface area contributed by atoms with Crippen LogP contribution in [0.4, 0.5) is 17.5 Å². The molecule has 0 amide bonds. The second-order valence-electron chi connectivity index (χ2n) is 7.39. The van der Waals surface area contributed by atoms with Gasteiger partial charge in [0.25, 0.3) is 0 Å². The van der Waals surface area contributed by atoms with E-state index in [4.69, 9.17) is 34.2 Å². The maximum Gasteiger partial charge on any atom is 0.154 e. The lowest BCUT2D eigenvalue weighted by atomic mass is 9.60. The molecule has 0 aromatic carbocycles. The molecule has 1 spiro atoms. The molecule has 1 unspecified atom stereocenters. The Balaban J connectivity index is 1.53. The second kappa shape index (κ2) is 6.61. The lowest BCUT2D eigenvalue weighted by molar-refractivity contribution is 0.0610. The molecule has 2 aromatic heterocycles. The molecule has 0 radical (unpaired) electrons. The number of nitrogens with zero attached hydrogens (tertiary/aromatic N) is 4. The standard InChI is InChI=1S/C18H23ClN8/c19-13-10(2-6-24-16(13)22)14(21)15-17(23)26-12(9-25-15)27-7-4-18(5-8-27)3-1-11(18)20/h2,6,9,11,21H,1,3-5,7-8,20H2,(H2,22,24)(H2,23,26). The van der Waals surface area contributed by atoms with E-state index in [1.165, 1.54) is 12.6 Å². The largest absolute Gasteiger partial charge is 0.382 e. The average molecular weight is 387 g/mol. The Morgan fingerprint density at radius 1 is 1.19 bits per heavy atom. The van der Waals surface area contributed by atoms with E-state index in [0.29, 0.717) is 17.0 Å². The summed E-state index contributed by atoms with van der Waals surface area (Å²) in [5.41, 5.74) is 19.1. The summed E-state index contributed by atoms with van der Waals surface area (Å²) >= 11 is 6.17. The number of nitrogens with two attached hydrogens (primary N) is 3. The summed E-state index contributed by atoms with van der Waals surface area (Å²) in [6, 6.07) is 1.94. The van der Waals surface area contributed by atoms with Gasteiger partial charge in [0, 0.05) is 30.9 Å². The predicted octanol–water partition coefficient (Wildman–Crippen LogP) is 1.81. The van der Waals surface area contributed by atoms with Crippen LogP contribution in [0.3, 0.4) is 0 Å². The highest BCUT2D eigenvalue weighted by Crippen LogP contribution is 2.48. The van der Waals surface area contributed by atoms with Crippen molar-refractivity contribution < 1.29 is 0 Å². The van der Waals surface area contributed by atoms with Gasteiger partial charge in [-0.25, -0.2) is 15.0 Å². The SMILES string of the molecule is N=C(c1ccnc(N)c1Cl)c1ncc(N2CCC3(CCC3N)CC2)nc1N. The number of piperidine rings is 1. The van der Waals surface area contributed by atoms with Gasteiger partial charge in [-0.1, -0.05) is 11.6 Å². The second-order valence-corrected chi connectivity index (χ2v) is 7.77. The minimum Gasteiger partial charge on any atom is -0.382 e. The van der Waals surface area contributed by atoms with Crippen molar-refractivity contribution in [1.82, 2.24) is 15.0 Å². The van der Waals surface area contributed by atoms with Gasteiger partial charge in [0.1, 0.15) is 17.3 Å². The van der Waals surface area contributed by atoms with Gasteiger partial charge >= 0.3 is 0 Å². The molecule has 1 atom stereocenters. The first kappa shape index (κ1) is 17.9. The Morgan fingerprint density at radius 2 is 1.93 bits per heavy atom. The molecule has 0 bridgehead atoms. The fraction of sp³-hybridized carbons (Fsp3) is 0.444. The molecule has 1 saturated heterocycles. The van der Waals surface area contributed by atoms with Crippen molar-refractivity contribution >= 4 is 34.8 Å². The van der Waals surface area contributed by atoms with E-state index in [0.717, 1.165) is 38.2 Å². The number of aromatic nitrogens is 3. The zero-order valence-corrected chi connectivity index (χ0v) is 15.7. The molecule has 8 nitrogen and oxygen atoms in total. The molecule has 27 heavy (non-hydrogen) atoms. The number of rotatable bonds is 3. The Kier molecular flexibility index (Phi) is 4.39. The Morgan fingerprint density at radius 3 is 2.52 bits per heavy atom. The topological polar surface area (TPSA) is 144 Å². The quantitative estimate of drug-likeness (QED) is 0.588. The van der Waals surface area contributed by atoms with Gasteiger partial charge < -0.3 is 22.1 Å². The van der Waals surface area contributed by atoms with Crippen LogP contribution in [-0.4, -0.2) is 39.8 Å². The van der Waals surface area contributed by atoms with Crippen LogP contribution in [0.15, 0.2) is 18.5 Å². The van der Waals surface area contributed by atoms with Crippen LogP contribution in [0, 0.1) is 10.8 Å². The number of pyridine rings is 1. The molecule has 9 heteroatoms. The number of nitrogen functional groups attached to an aromatic ring is 2. The van der Waals surface area contributed by atoms with E-state index in [1.54, 1.807) is 12.3 Å². The smallest absolute Gasteiger partial charge is 0.154 e. The van der Waals surface area contributed by atoms with Gasteiger partial charge in [0.05, 0.1) is 16.9 Å². The van der Waals surface area contributed by atoms with E-state index in [-0.39, 0.29) is 28.1 Å². The highest BCUT2D eigenvalue weighted by atomic mass is 35.5. The van der Waals surface area contributed by atoms with Gasteiger partial charge in [-0.3, -0.25) is 5.41 Å². The van der Waals surface area contributed by atoms with Gasteiger partial charge in [-0.05, 0) is 37.2 Å². The third-order valence-electron chi connectivity index (χ3n) is 6.03. The molecule has 2 fully saturated rings. The minimum atomic E-state index is 0.0729. The first-order valence-corrected chi connectivity index (χ1v) is 9.41. The van der Waals surface area contributed by atoms with Gasteiger partial charge in [-0.15, -0.1) is 0 Å². The van der Waals surface area contributed by atoms with Crippen molar-refractivity contribution in [2.75, 3.05) is 29.5 Å². The fourth-order valence-electron chi connectivity index (χ4n) is 4.04. The van der Waals surface area contributed by atoms with Crippen LogP contribution in [0.1, 0.15) is 36.9 Å². The summed E-state index contributed by atoms with van der Waals surface area (Å²) < 4.78 is 0. The maximum atomic E-state index is 8.39. The van der Waals surface area contributed by atoms with Crippen LogP contribution in [0.2, 0.25) is 5.02 Å². The minimum absolute atomic E-state index is 0.0729. The third-order valence-corrected chi connectivity index (χ3v) is 6.43. The fourth-order valence-corrected chi connectivity index (χ4v) is 4.25. The van der Waals surface area contributed by atoms with Crippen molar-refractivity contribution in [3.63, 3.8) is 0 Å². The van der Waals surface area contributed by atoms with E-state index >= 15 is 0 Å². The number of anilines is 3. The van der Waals surface area contributed by atoms with Crippen LogP contribution in [0.5, 0.6) is 0 Å². The maximum absolute atomic E-state index is 8.39. The number of hydrogen-bond donors (Lipinski definition) is 4. The molecule has 1 aliphatic carbocycles. The summed E-state index contributed by atoms with van der Waals surface area (Å²) in [7, 11) is 0. The van der Waals surface area contributed by atoms with Gasteiger partial charge in [0.15, 0.2) is 5.82 Å². The van der Waals surface area contributed by atoms with Crippen LogP contribution >= 0.6 is 11.6 Å². The molecule has 3 heterocycles. The van der Waals surface area contributed by atoms with Gasteiger partial charge in [0.2, 0.25) is 0 Å². The van der Waals surface area contributed by atoms with Crippen LogP contribution in [-0.2, 0) is 0 Å². The Hall–Kier alpha value is -2.45. The van der Waals surface area contributed by atoms with Crippen LogP contribution < -0.4 is 22.1 Å². The first-order valence-electron chi connectivity index (χ1n) is 9.03. The van der Waals surface area contributed by atoms with Crippen molar-refractivity contribution in [3.8, 4) is 0 Å². The van der Waals surface area contributed by atoms with E-state index in [2.05, 4.69) is 19.9 Å². The van der Waals surface area contributed by atoms with Crippen molar-refractivity contribution in [3.05, 3.63) is 34.7 Å². The average Bonchev–Trinajstić information content (AvgIpc) is 2.68. The van der Waals surface area contributed by atoms with E-state index in [9.17, 15) is 0 Å². The first-order chi connectivity index (χ1) is 12.9. The molecule has 2 aromatic rings. The molecular weight excluding hydrogens is 364 g/mol. The molecule has 1 aliphatic heterocycles. The summed E-state index contributed by atoms with van der Waals surface area (Å²) in [5.74, 6) is 1.09. The number of halogens is 1. The Labute approximate surface area is 162 Å². The van der Waals surface area contributed by atoms with Crippen molar-refractivity contribution in [2.24, 2.45) is 11.1 Å². The third kappa shape index (κ3) is 2.98. The molecule has 1 saturated carbocycles. The summed E-state index contributed by atoms with van der Waals surface area (Å²) in [5, 5.41) is 8.61. The lowest BCUT2D eigenvalue weighted by Gasteiger charge is -2.52. The van der Waals surface area contributed by atoms with Crippen molar-refractivity contribution in [2.45, 2.75) is 31.7 Å². The molecule has 7 N–H and O–H groups in total. The highest BCUT2D eigenvalue weighted by Gasteiger charge is 2.46. The van der Waals surface area contributed by atoms with E-state index < -0.39 is 0 Å². The van der Waals surface area contributed by atoms with Crippen LogP contribution in [0.25, 0.3) is 0 Å². The lowest BCUT2D eigenvalue weighted by Crippen LogP contribution is -2.56. The zero-order valence-electron chi connectivity index (χ0n) is 15.0. The van der Waals surface area contributed by atoms with Gasteiger partial charge in [-0.2, -0.15) is 0 Å². The molecular formula is C18H23ClN8. The molecule has 2 aliphatic rings. The molecule has 142 valence electrons. The number of nitrogens with one attached hydrogen (secondary N) is 1. The zero-order chi connectivity index (χ0) is 19.2. The van der Waals surface area contributed by atoms with Crippen molar-refractivity contribution in [1.29, 1.82) is 5.41 Å². The van der Waals surface area contributed by atoms with E-state index in [1.807, 2.05) is 0 Å². The summed E-state index contributed by atoms with van der Waals surface area (Å²) in [4.78, 5) is 15.0. The summed E-state index contributed by atoms with van der Waals surface area (Å²) in [6.45, 7) is 1.79. The monoisotopic (exact) mass is 386 g/mol. The molecule has 4 rings (SSSR count). The summed E-state index contributed by atoms with van der Waals surface area (Å²) in [6.07, 6.45) is 7.65.